The number of halogens is 5. The van der Waals surface area contributed by atoms with E-state index in [-0.39, 0.29) is 22.5 Å². The second-order valence-electron chi connectivity index (χ2n) is 7.36. The number of aromatic hydroxyl groups is 1. The molecule has 6 nitrogen and oxygen atoms in total. The Bertz CT molecular complexity index is 1360. The molecule has 4 aromatic rings. The largest absolute Gasteiger partial charge is 0.503 e. The number of aryl methyl sites for hydroxylation is 1. The Morgan fingerprint density at radius 1 is 1.00 bits per heavy atom. The predicted octanol–water partition coefficient (Wildman–Crippen LogP) is 5.78. The van der Waals surface area contributed by atoms with Crippen LogP contribution >= 0.6 is 0 Å². The average Bonchev–Trinajstić information content (AvgIpc) is 2.78. The molecule has 0 spiro atoms. The summed E-state index contributed by atoms with van der Waals surface area (Å²) in [5.41, 5.74) is 0.0630. The third-order valence-corrected chi connectivity index (χ3v) is 5.04. The summed E-state index contributed by atoms with van der Waals surface area (Å²) in [7, 11) is 0. The van der Waals surface area contributed by atoms with E-state index < -0.39 is 35.0 Å². The molecule has 0 aliphatic heterocycles. The highest BCUT2D eigenvalue weighted by Crippen LogP contribution is 2.41. The molecule has 2 aromatic heterocycles. The molecule has 0 aliphatic carbocycles. The van der Waals surface area contributed by atoms with Crippen LogP contribution in [0.4, 0.5) is 27.8 Å². The van der Waals surface area contributed by atoms with Crippen LogP contribution < -0.4 is 10.1 Å². The maximum atomic E-state index is 14.2. The topological polar surface area (TPSA) is 80.2 Å². The van der Waals surface area contributed by atoms with Crippen LogP contribution in [0.15, 0.2) is 48.9 Å². The molecule has 2 N–H and O–H groups in total. The van der Waals surface area contributed by atoms with Gasteiger partial charge in [-0.2, -0.15) is 13.2 Å². The smallest absolute Gasteiger partial charge is 0.420 e. The number of hydrogen-bond donors (Lipinski definition) is 2. The first-order chi connectivity index (χ1) is 16.1. The van der Waals surface area contributed by atoms with Gasteiger partial charge < -0.3 is 15.2 Å². The highest BCUT2D eigenvalue weighted by molar-refractivity contribution is 5.89. The monoisotopic (exact) mass is 476 g/mol. The number of hydrogen-bond acceptors (Lipinski definition) is 6. The van der Waals surface area contributed by atoms with E-state index in [1.54, 1.807) is 25.1 Å². The summed E-state index contributed by atoms with van der Waals surface area (Å²) in [6.07, 6.45) is -2.24. The summed E-state index contributed by atoms with van der Waals surface area (Å²) < 4.78 is 72.4. The van der Waals surface area contributed by atoms with Gasteiger partial charge in [0.1, 0.15) is 40.6 Å². The fourth-order valence-corrected chi connectivity index (χ4v) is 3.38. The lowest BCUT2D eigenvalue weighted by Gasteiger charge is -2.14. The number of nitrogens with zero attached hydrogens (tertiary/aromatic N) is 3. The Balaban J connectivity index is 1.46. The quantitative estimate of drug-likeness (QED) is 0.344. The molecule has 2 aromatic carbocycles. The molecule has 0 amide bonds. The minimum Gasteiger partial charge on any atom is -0.503 e. The van der Waals surface area contributed by atoms with Crippen LogP contribution in [0.3, 0.4) is 0 Å². The van der Waals surface area contributed by atoms with Gasteiger partial charge in [0.25, 0.3) is 5.88 Å². The normalized spacial score (nSPS) is 11.6. The molecule has 0 atom stereocenters. The number of nitrogens with one attached hydrogen (secondary N) is 1. The first-order valence-electron chi connectivity index (χ1n) is 10.0. The highest BCUT2D eigenvalue weighted by Gasteiger charge is 2.35. The van der Waals surface area contributed by atoms with Crippen LogP contribution in [-0.2, 0) is 12.6 Å². The van der Waals surface area contributed by atoms with E-state index in [4.69, 9.17) is 4.74 Å². The van der Waals surface area contributed by atoms with Crippen molar-refractivity contribution in [2.45, 2.75) is 19.5 Å². The Morgan fingerprint density at radius 3 is 2.50 bits per heavy atom. The third kappa shape index (κ3) is 4.68. The van der Waals surface area contributed by atoms with Gasteiger partial charge in [-0.3, -0.25) is 0 Å². The van der Waals surface area contributed by atoms with E-state index in [1.807, 2.05) is 0 Å². The van der Waals surface area contributed by atoms with Crippen LogP contribution in [0.25, 0.3) is 10.9 Å². The van der Waals surface area contributed by atoms with Crippen molar-refractivity contribution < 1.29 is 31.8 Å². The van der Waals surface area contributed by atoms with Gasteiger partial charge in [0, 0.05) is 12.7 Å². The molecule has 2 heterocycles. The Hall–Kier alpha value is -4.02. The molecule has 0 unspecified atom stereocenters. The van der Waals surface area contributed by atoms with Crippen LogP contribution in [0.2, 0.25) is 0 Å². The molecule has 176 valence electrons. The highest BCUT2D eigenvalue weighted by atomic mass is 19.4. The summed E-state index contributed by atoms with van der Waals surface area (Å²) in [5, 5.41) is 12.8. The van der Waals surface area contributed by atoms with Crippen LogP contribution in [0.5, 0.6) is 17.4 Å². The number of aromatic nitrogens is 3. The number of alkyl halides is 3. The maximum absolute atomic E-state index is 14.2. The zero-order valence-electron chi connectivity index (χ0n) is 17.6. The molecule has 0 bridgehead atoms. The molecule has 0 fully saturated rings. The van der Waals surface area contributed by atoms with E-state index >= 15 is 0 Å². The molecule has 0 saturated heterocycles. The lowest BCUT2D eigenvalue weighted by Crippen LogP contribution is -2.08. The van der Waals surface area contributed by atoms with Crippen LogP contribution in [0, 0.1) is 18.6 Å². The van der Waals surface area contributed by atoms with E-state index in [9.17, 15) is 27.1 Å². The molecule has 0 radical (unpaired) electrons. The van der Waals surface area contributed by atoms with Crippen molar-refractivity contribution in [3.05, 3.63) is 77.2 Å². The second kappa shape index (κ2) is 9.08. The number of anilines is 1. The number of rotatable bonds is 6. The summed E-state index contributed by atoms with van der Waals surface area (Å²) in [4.78, 5) is 11.5. The Kier molecular flexibility index (Phi) is 6.18. The van der Waals surface area contributed by atoms with Crippen molar-refractivity contribution in [2.75, 3.05) is 11.9 Å². The molecule has 4 rings (SSSR count). The zero-order valence-corrected chi connectivity index (χ0v) is 17.6. The maximum Gasteiger partial charge on any atom is 0.420 e. The fourth-order valence-electron chi connectivity index (χ4n) is 3.38. The van der Waals surface area contributed by atoms with E-state index in [2.05, 4.69) is 20.3 Å². The Morgan fingerprint density at radius 2 is 1.76 bits per heavy atom. The second-order valence-corrected chi connectivity index (χ2v) is 7.36. The summed E-state index contributed by atoms with van der Waals surface area (Å²) in [5.74, 6) is -2.58. The summed E-state index contributed by atoms with van der Waals surface area (Å²) in [6, 6.07) is 7.64. The van der Waals surface area contributed by atoms with Gasteiger partial charge in [0.2, 0.25) is 0 Å². The molecular weight excluding hydrogens is 459 g/mol. The molecule has 34 heavy (non-hydrogen) atoms. The standard InChI is InChI=1S/C23H17F5N4O2/c1-12-10-13(2-5-17(12)34-22-20(33)14(7-9-30-22)23(26,27)28)6-8-29-21-18-15(24)3-4-16(25)19(18)31-11-32-21/h2-5,7,9-11,33H,6,8H2,1H3,(H,29,31,32). The van der Waals surface area contributed by atoms with E-state index in [0.29, 0.717) is 24.6 Å². The summed E-state index contributed by atoms with van der Waals surface area (Å²) >= 11 is 0. The average molecular weight is 476 g/mol. The van der Waals surface area contributed by atoms with Crippen molar-refractivity contribution >= 4 is 16.7 Å². The lowest BCUT2D eigenvalue weighted by atomic mass is 10.1. The molecular formula is C23H17F5N4O2. The number of fused-ring (bicyclic) bond motifs is 1. The van der Waals surface area contributed by atoms with Gasteiger partial charge >= 0.3 is 6.18 Å². The first kappa shape index (κ1) is 23.1. The third-order valence-electron chi connectivity index (χ3n) is 5.04. The Labute approximate surface area is 190 Å². The van der Waals surface area contributed by atoms with Crippen molar-refractivity contribution in [3.8, 4) is 17.4 Å². The fraction of sp³-hybridized carbons (Fsp3) is 0.174. The number of ether oxygens (including phenoxy) is 1. The van der Waals surface area contributed by atoms with E-state index in [0.717, 1.165) is 30.2 Å². The summed E-state index contributed by atoms with van der Waals surface area (Å²) in [6.45, 7) is 2.02. The van der Waals surface area contributed by atoms with Gasteiger partial charge in [-0.15, -0.1) is 0 Å². The van der Waals surface area contributed by atoms with Gasteiger partial charge in [-0.25, -0.2) is 23.7 Å². The SMILES string of the molecule is Cc1cc(CCNc2ncnc3c(F)ccc(F)c23)ccc1Oc1nccc(C(F)(F)F)c1O. The van der Waals surface area contributed by atoms with Gasteiger partial charge in [0.15, 0.2) is 5.75 Å². The van der Waals surface area contributed by atoms with Crippen molar-refractivity contribution in [2.24, 2.45) is 0 Å². The zero-order chi connectivity index (χ0) is 24.5. The molecule has 11 heteroatoms. The van der Waals surface area contributed by atoms with Crippen molar-refractivity contribution in [3.63, 3.8) is 0 Å². The van der Waals surface area contributed by atoms with E-state index in [1.165, 1.54) is 0 Å². The number of benzene rings is 2. The predicted molar refractivity (Wildman–Crippen MR) is 114 cm³/mol. The minimum atomic E-state index is -4.75. The van der Waals surface area contributed by atoms with Gasteiger partial charge in [0.05, 0.1) is 5.39 Å². The molecule has 0 saturated carbocycles. The lowest BCUT2D eigenvalue weighted by molar-refractivity contribution is -0.139. The van der Waals surface area contributed by atoms with Crippen LogP contribution in [-0.4, -0.2) is 26.6 Å². The molecule has 0 aliphatic rings. The van der Waals surface area contributed by atoms with Gasteiger partial charge in [-0.05, 0) is 48.7 Å². The minimum absolute atomic E-state index is 0.0455. The first-order valence-corrected chi connectivity index (χ1v) is 10.0. The van der Waals surface area contributed by atoms with Crippen LogP contribution in [0.1, 0.15) is 16.7 Å². The van der Waals surface area contributed by atoms with Crippen molar-refractivity contribution in [1.82, 2.24) is 15.0 Å². The number of pyridine rings is 1. The van der Waals surface area contributed by atoms with Gasteiger partial charge in [-0.1, -0.05) is 12.1 Å². The van der Waals surface area contributed by atoms with Crippen molar-refractivity contribution in [1.29, 1.82) is 0 Å².